The first-order valence-corrected chi connectivity index (χ1v) is 8.13. The summed E-state index contributed by atoms with van der Waals surface area (Å²) in [5, 5.41) is 0. The lowest BCUT2D eigenvalue weighted by Crippen LogP contribution is -2.33. The monoisotopic (exact) mass is 350 g/mol. The maximum atomic E-state index is 12.0. The zero-order valence-corrected chi connectivity index (χ0v) is 12.7. The number of rotatable bonds is 3. The lowest BCUT2D eigenvalue weighted by atomic mass is 9.88. The van der Waals surface area contributed by atoms with Gasteiger partial charge in [-0.05, 0) is 25.7 Å². The molecule has 2 aliphatic rings. The van der Waals surface area contributed by atoms with Gasteiger partial charge in [-0.1, -0.05) is 61.1 Å². The third-order valence-corrected chi connectivity index (χ3v) is 5.55. The van der Waals surface area contributed by atoms with Crippen LogP contribution in [0.25, 0.3) is 0 Å². The summed E-state index contributed by atoms with van der Waals surface area (Å²) >= 11 is 2.52. The fourth-order valence-electron chi connectivity index (χ4n) is 2.99. The van der Waals surface area contributed by atoms with Crippen molar-refractivity contribution in [2.75, 3.05) is 6.61 Å². The molecular formula is C14H23IO2. The van der Waals surface area contributed by atoms with Crippen LogP contribution >= 0.6 is 22.6 Å². The van der Waals surface area contributed by atoms with Crippen LogP contribution in [0.2, 0.25) is 0 Å². The molecule has 0 aromatic carbocycles. The van der Waals surface area contributed by atoms with Gasteiger partial charge in [0.15, 0.2) is 0 Å². The summed E-state index contributed by atoms with van der Waals surface area (Å²) in [6.07, 6.45) is 12.2. The van der Waals surface area contributed by atoms with Crippen LogP contribution in [0.3, 0.4) is 0 Å². The molecule has 3 heteroatoms. The van der Waals surface area contributed by atoms with E-state index in [-0.39, 0.29) is 15.3 Å². The van der Waals surface area contributed by atoms with E-state index in [4.69, 9.17) is 4.74 Å². The minimum atomic E-state index is 0.0753. The predicted octanol–water partition coefficient (Wildman–Crippen LogP) is 4.25. The van der Waals surface area contributed by atoms with Crippen LogP contribution in [-0.2, 0) is 9.53 Å². The number of carbonyl (C=O) groups excluding carboxylic acids is 1. The van der Waals surface area contributed by atoms with Crippen LogP contribution in [0.5, 0.6) is 0 Å². The molecule has 0 amide bonds. The molecule has 0 radical (unpaired) electrons. The van der Waals surface area contributed by atoms with Crippen molar-refractivity contribution in [3.63, 3.8) is 0 Å². The van der Waals surface area contributed by atoms with Gasteiger partial charge < -0.3 is 4.74 Å². The molecule has 0 unspecified atom stereocenters. The molecule has 2 aliphatic carbocycles. The van der Waals surface area contributed by atoms with Crippen molar-refractivity contribution >= 4 is 28.6 Å². The van der Waals surface area contributed by atoms with E-state index in [2.05, 4.69) is 22.6 Å². The zero-order chi connectivity index (χ0) is 12.1. The standard InChI is InChI=1S/C14H23IO2/c15-14(9-5-2-6-10-14)11-17-13(16)12-7-3-1-4-8-12/h12H,1-11H2. The Kier molecular flexibility index (Phi) is 5.12. The first kappa shape index (κ1) is 13.6. The van der Waals surface area contributed by atoms with Crippen LogP contribution in [0.4, 0.5) is 0 Å². The lowest BCUT2D eigenvalue weighted by Gasteiger charge is -2.31. The van der Waals surface area contributed by atoms with E-state index in [0.29, 0.717) is 6.61 Å². The van der Waals surface area contributed by atoms with Gasteiger partial charge in [-0.2, -0.15) is 0 Å². The van der Waals surface area contributed by atoms with E-state index in [1.54, 1.807) is 0 Å². The summed E-state index contributed by atoms with van der Waals surface area (Å²) in [5.74, 6) is 0.277. The fourth-order valence-corrected chi connectivity index (χ4v) is 3.90. The number of carbonyl (C=O) groups is 1. The molecule has 0 spiro atoms. The van der Waals surface area contributed by atoms with Crippen LogP contribution in [0.1, 0.15) is 64.2 Å². The number of esters is 1. The van der Waals surface area contributed by atoms with E-state index in [9.17, 15) is 4.79 Å². The smallest absolute Gasteiger partial charge is 0.308 e. The van der Waals surface area contributed by atoms with Crippen molar-refractivity contribution in [2.45, 2.75) is 67.6 Å². The summed E-state index contributed by atoms with van der Waals surface area (Å²) < 4.78 is 5.81. The molecule has 17 heavy (non-hydrogen) atoms. The van der Waals surface area contributed by atoms with Crippen molar-refractivity contribution in [3.8, 4) is 0 Å². The third kappa shape index (κ3) is 4.11. The molecule has 0 bridgehead atoms. The molecular weight excluding hydrogens is 327 g/mol. The van der Waals surface area contributed by atoms with Gasteiger partial charge in [0.1, 0.15) is 6.61 Å². The average Bonchev–Trinajstić information content (AvgIpc) is 2.38. The van der Waals surface area contributed by atoms with Gasteiger partial charge in [0.05, 0.1) is 9.34 Å². The van der Waals surface area contributed by atoms with Crippen LogP contribution in [0.15, 0.2) is 0 Å². The van der Waals surface area contributed by atoms with E-state index < -0.39 is 0 Å². The van der Waals surface area contributed by atoms with E-state index in [1.165, 1.54) is 51.4 Å². The molecule has 2 saturated carbocycles. The largest absolute Gasteiger partial charge is 0.464 e. The summed E-state index contributed by atoms with van der Waals surface area (Å²) in [4.78, 5) is 12.0. The Bertz CT molecular complexity index is 253. The average molecular weight is 350 g/mol. The van der Waals surface area contributed by atoms with Gasteiger partial charge in [0, 0.05) is 0 Å². The Hall–Kier alpha value is 0.200. The molecule has 0 heterocycles. The summed E-state index contributed by atoms with van der Waals surface area (Å²) in [6, 6.07) is 0. The fraction of sp³-hybridized carbons (Fsp3) is 0.929. The number of halogens is 1. The minimum Gasteiger partial charge on any atom is -0.464 e. The maximum Gasteiger partial charge on any atom is 0.308 e. The molecule has 0 atom stereocenters. The maximum absolute atomic E-state index is 12.0. The zero-order valence-electron chi connectivity index (χ0n) is 10.5. The number of hydrogen-bond acceptors (Lipinski definition) is 2. The molecule has 0 N–H and O–H groups in total. The Morgan fingerprint density at radius 3 is 2.29 bits per heavy atom. The quantitative estimate of drug-likeness (QED) is 0.432. The second-order valence-electron chi connectivity index (χ2n) is 5.65. The molecule has 0 aromatic heterocycles. The molecule has 98 valence electrons. The van der Waals surface area contributed by atoms with Crippen molar-refractivity contribution < 1.29 is 9.53 Å². The van der Waals surface area contributed by atoms with Gasteiger partial charge in [-0.3, -0.25) is 4.79 Å². The molecule has 2 nitrogen and oxygen atoms in total. The Morgan fingerprint density at radius 2 is 1.65 bits per heavy atom. The van der Waals surface area contributed by atoms with Crippen LogP contribution < -0.4 is 0 Å². The molecule has 0 aromatic rings. The number of hydrogen-bond donors (Lipinski definition) is 0. The highest BCUT2D eigenvalue weighted by Crippen LogP contribution is 2.37. The van der Waals surface area contributed by atoms with Gasteiger partial charge >= 0.3 is 5.97 Å². The second kappa shape index (κ2) is 6.39. The summed E-state index contributed by atoms with van der Waals surface area (Å²) in [7, 11) is 0. The second-order valence-corrected chi connectivity index (χ2v) is 7.94. The van der Waals surface area contributed by atoms with Gasteiger partial charge in [-0.15, -0.1) is 0 Å². The van der Waals surface area contributed by atoms with Gasteiger partial charge in [-0.25, -0.2) is 0 Å². The topological polar surface area (TPSA) is 26.3 Å². The van der Waals surface area contributed by atoms with Gasteiger partial charge in [0.2, 0.25) is 0 Å². The van der Waals surface area contributed by atoms with E-state index in [1.807, 2.05) is 0 Å². The number of alkyl halides is 1. The Balaban J connectivity index is 1.74. The normalized spacial score (nSPS) is 25.5. The van der Waals surface area contributed by atoms with Crippen molar-refractivity contribution in [3.05, 3.63) is 0 Å². The molecule has 0 saturated heterocycles. The first-order valence-electron chi connectivity index (χ1n) is 7.05. The lowest BCUT2D eigenvalue weighted by molar-refractivity contribution is -0.150. The first-order chi connectivity index (χ1) is 8.20. The van der Waals surface area contributed by atoms with Crippen LogP contribution in [0, 0.1) is 5.92 Å². The highest BCUT2D eigenvalue weighted by Gasteiger charge is 2.31. The van der Waals surface area contributed by atoms with Gasteiger partial charge in [0.25, 0.3) is 0 Å². The highest BCUT2D eigenvalue weighted by molar-refractivity contribution is 14.1. The molecule has 2 rings (SSSR count). The van der Waals surface area contributed by atoms with E-state index >= 15 is 0 Å². The SMILES string of the molecule is O=C(OCC1(I)CCCCC1)C1CCCCC1. The predicted molar refractivity (Wildman–Crippen MR) is 77.4 cm³/mol. The Morgan fingerprint density at radius 1 is 1.06 bits per heavy atom. The number of ether oxygens (including phenoxy) is 1. The van der Waals surface area contributed by atoms with Crippen molar-refractivity contribution in [2.24, 2.45) is 5.92 Å². The van der Waals surface area contributed by atoms with Crippen LogP contribution in [-0.4, -0.2) is 16.0 Å². The third-order valence-electron chi connectivity index (χ3n) is 4.16. The van der Waals surface area contributed by atoms with Crippen molar-refractivity contribution in [1.82, 2.24) is 0 Å². The highest BCUT2D eigenvalue weighted by atomic mass is 127. The van der Waals surface area contributed by atoms with E-state index in [0.717, 1.165) is 12.8 Å². The molecule has 2 fully saturated rings. The summed E-state index contributed by atoms with van der Waals surface area (Å²) in [5.41, 5.74) is 0. The minimum absolute atomic E-state index is 0.0753. The Labute approximate surface area is 118 Å². The summed E-state index contributed by atoms with van der Waals surface area (Å²) in [6.45, 7) is 0.642. The van der Waals surface area contributed by atoms with Crippen molar-refractivity contribution in [1.29, 1.82) is 0 Å². The molecule has 0 aliphatic heterocycles.